The molecule has 0 spiro atoms. The molecule has 3 N–H and O–H groups in total. The number of allylic oxidation sites excluding steroid dienone is 6. The van der Waals surface area contributed by atoms with Gasteiger partial charge in [0.1, 0.15) is 0 Å². The molecule has 0 fully saturated rings. The normalized spacial score (nSPS) is 12.7. The molecule has 82 heavy (non-hydrogen) atoms. The van der Waals surface area contributed by atoms with E-state index in [1.54, 1.807) is 0 Å². The van der Waals surface area contributed by atoms with Crippen LogP contribution in [0.3, 0.4) is 0 Å². The maximum atomic E-state index is 12.5. The number of hydrogen-bond acceptors (Lipinski definition) is 5. The SMILES string of the molecule is CCCCC/C=C\C/C=C\CCCCCCCCCC(=O)OCCCCCCCCCCCCCC/C=C\CCCCCCCCCCCCCCC(=O)NC(CO)C(O)CCCCCCCCCCCCCCCCCCCCCC. The highest BCUT2D eigenvalue weighted by atomic mass is 16.5. The van der Waals surface area contributed by atoms with Crippen LogP contribution in [-0.2, 0) is 14.3 Å². The topological polar surface area (TPSA) is 95.9 Å². The molecule has 2 atom stereocenters. The number of amides is 1. The summed E-state index contributed by atoms with van der Waals surface area (Å²) in [7, 11) is 0. The van der Waals surface area contributed by atoms with Crippen molar-refractivity contribution in [1.82, 2.24) is 5.32 Å². The van der Waals surface area contributed by atoms with Crippen molar-refractivity contribution in [2.45, 2.75) is 424 Å². The summed E-state index contributed by atoms with van der Waals surface area (Å²) in [5, 5.41) is 23.4. The number of unbranched alkanes of at least 4 members (excludes halogenated alkanes) is 53. The summed E-state index contributed by atoms with van der Waals surface area (Å²) in [6.07, 6.45) is 92.0. The molecular weight excluding hydrogens is 1010 g/mol. The standard InChI is InChI=1S/C76H145NO5/c1-3-5-7-9-11-13-15-17-19-21-22-33-37-40-44-48-52-56-60-64-68-74(79)73(72-78)77-75(80)69-65-61-57-53-49-45-41-38-34-31-29-27-25-23-24-26-28-30-32-35-39-43-47-51-55-59-63-67-71-82-76(81)70-66-62-58-54-50-46-42-36-20-18-16-14-12-10-8-6-4-2/h12,14,18,20,23-24,73-74,78-79H,3-11,13,15-17,19,21-22,25-72H2,1-2H3,(H,77,80)/b14-12-,20-18-,24-23-. The van der Waals surface area contributed by atoms with E-state index in [1.807, 2.05) is 0 Å². The minimum absolute atomic E-state index is 0.00872. The van der Waals surface area contributed by atoms with Crippen molar-refractivity contribution >= 4 is 11.9 Å². The summed E-state index contributed by atoms with van der Waals surface area (Å²) in [6.45, 7) is 4.96. The second-order valence-corrected chi connectivity index (χ2v) is 25.6. The Bertz CT molecular complexity index is 1330. The van der Waals surface area contributed by atoms with Crippen molar-refractivity contribution in [3.63, 3.8) is 0 Å². The van der Waals surface area contributed by atoms with Gasteiger partial charge >= 0.3 is 5.97 Å². The van der Waals surface area contributed by atoms with Gasteiger partial charge in [0.15, 0.2) is 0 Å². The Balaban J connectivity index is 3.38. The van der Waals surface area contributed by atoms with Crippen molar-refractivity contribution < 1.29 is 24.5 Å². The second kappa shape index (κ2) is 71.6. The Morgan fingerprint density at radius 2 is 0.610 bits per heavy atom. The van der Waals surface area contributed by atoms with Gasteiger partial charge < -0.3 is 20.3 Å². The lowest BCUT2D eigenvalue weighted by molar-refractivity contribution is -0.143. The number of aliphatic hydroxyl groups excluding tert-OH is 2. The molecular formula is C76H145NO5. The van der Waals surface area contributed by atoms with Gasteiger partial charge in [0.05, 0.1) is 25.4 Å². The summed E-state index contributed by atoms with van der Waals surface area (Å²) in [5.41, 5.74) is 0. The minimum atomic E-state index is -0.665. The molecule has 0 heterocycles. The zero-order chi connectivity index (χ0) is 59.2. The summed E-state index contributed by atoms with van der Waals surface area (Å²) in [5.74, 6) is -0.0221. The van der Waals surface area contributed by atoms with Crippen LogP contribution in [0.5, 0.6) is 0 Å². The third kappa shape index (κ3) is 67.2. The van der Waals surface area contributed by atoms with Gasteiger partial charge in [-0.05, 0) is 83.5 Å². The lowest BCUT2D eigenvalue weighted by Gasteiger charge is -2.22. The fourth-order valence-corrected chi connectivity index (χ4v) is 11.7. The largest absolute Gasteiger partial charge is 0.466 e. The molecule has 1 amide bonds. The van der Waals surface area contributed by atoms with E-state index in [1.165, 1.54) is 327 Å². The van der Waals surface area contributed by atoms with Gasteiger partial charge in [-0.15, -0.1) is 0 Å². The summed E-state index contributed by atoms with van der Waals surface area (Å²) >= 11 is 0. The fraction of sp³-hybridized carbons (Fsp3) is 0.895. The van der Waals surface area contributed by atoms with E-state index in [-0.39, 0.29) is 18.5 Å². The maximum absolute atomic E-state index is 12.5. The van der Waals surface area contributed by atoms with Crippen molar-refractivity contribution in [3.8, 4) is 0 Å². The van der Waals surface area contributed by atoms with Gasteiger partial charge in [-0.2, -0.15) is 0 Å². The van der Waals surface area contributed by atoms with Crippen LogP contribution in [0.2, 0.25) is 0 Å². The van der Waals surface area contributed by atoms with E-state index in [4.69, 9.17) is 4.74 Å². The summed E-state index contributed by atoms with van der Waals surface area (Å²) in [4.78, 5) is 24.6. The van der Waals surface area contributed by atoms with Gasteiger partial charge in [0, 0.05) is 12.8 Å². The molecule has 0 radical (unpaired) electrons. The third-order valence-corrected chi connectivity index (χ3v) is 17.4. The monoisotopic (exact) mass is 1150 g/mol. The molecule has 484 valence electrons. The average molecular weight is 1150 g/mol. The smallest absolute Gasteiger partial charge is 0.305 e. The van der Waals surface area contributed by atoms with Crippen LogP contribution in [0.1, 0.15) is 412 Å². The van der Waals surface area contributed by atoms with Gasteiger partial charge in [0.25, 0.3) is 0 Å². The molecule has 0 aromatic carbocycles. The van der Waals surface area contributed by atoms with Crippen molar-refractivity contribution in [2.75, 3.05) is 13.2 Å². The first-order valence-electron chi connectivity index (χ1n) is 37.2. The summed E-state index contributed by atoms with van der Waals surface area (Å²) < 4.78 is 5.50. The number of carbonyl (C=O) groups is 2. The van der Waals surface area contributed by atoms with E-state index in [0.29, 0.717) is 25.9 Å². The number of aliphatic hydroxyl groups is 2. The number of carbonyl (C=O) groups excluding carboxylic acids is 2. The number of nitrogens with one attached hydrogen (secondary N) is 1. The number of hydrogen-bond donors (Lipinski definition) is 3. The molecule has 0 saturated heterocycles. The zero-order valence-electron chi connectivity index (χ0n) is 55.5. The van der Waals surface area contributed by atoms with Crippen LogP contribution >= 0.6 is 0 Å². The molecule has 2 unspecified atom stereocenters. The Morgan fingerprint density at radius 1 is 0.341 bits per heavy atom. The lowest BCUT2D eigenvalue weighted by atomic mass is 10.0. The first-order chi connectivity index (χ1) is 40.5. The van der Waals surface area contributed by atoms with Crippen molar-refractivity contribution in [3.05, 3.63) is 36.5 Å². The third-order valence-electron chi connectivity index (χ3n) is 17.4. The van der Waals surface area contributed by atoms with E-state index in [2.05, 4.69) is 55.6 Å². The molecule has 6 nitrogen and oxygen atoms in total. The second-order valence-electron chi connectivity index (χ2n) is 25.6. The summed E-state index contributed by atoms with van der Waals surface area (Å²) in [6, 6.07) is -0.543. The van der Waals surface area contributed by atoms with Crippen LogP contribution in [0, 0.1) is 0 Å². The number of esters is 1. The van der Waals surface area contributed by atoms with Gasteiger partial charge in [-0.25, -0.2) is 0 Å². The first-order valence-corrected chi connectivity index (χ1v) is 37.2. The Kier molecular flexibility index (Phi) is 69.9. The lowest BCUT2D eigenvalue weighted by Crippen LogP contribution is -2.45. The van der Waals surface area contributed by atoms with Crippen molar-refractivity contribution in [1.29, 1.82) is 0 Å². The van der Waals surface area contributed by atoms with Gasteiger partial charge in [0.2, 0.25) is 5.91 Å². The zero-order valence-corrected chi connectivity index (χ0v) is 55.5. The molecule has 0 aliphatic heterocycles. The van der Waals surface area contributed by atoms with Crippen LogP contribution < -0.4 is 5.32 Å². The van der Waals surface area contributed by atoms with E-state index in [0.717, 1.165) is 51.4 Å². The van der Waals surface area contributed by atoms with Gasteiger partial charge in [-0.1, -0.05) is 352 Å². The average Bonchev–Trinajstić information content (AvgIpc) is 3.48. The molecule has 0 aromatic rings. The highest BCUT2D eigenvalue weighted by molar-refractivity contribution is 5.76. The predicted molar refractivity (Wildman–Crippen MR) is 361 cm³/mol. The molecule has 6 heteroatoms. The van der Waals surface area contributed by atoms with Crippen molar-refractivity contribution in [2.24, 2.45) is 0 Å². The Hall–Kier alpha value is -1.92. The Labute approximate surface area is 513 Å². The van der Waals surface area contributed by atoms with Crippen LogP contribution in [0.4, 0.5) is 0 Å². The number of rotatable bonds is 70. The maximum Gasteiger partial charge on any atom is 0.305 e. The van der Waals surface area contributed by atoms with E-state index in [9.17, 15) is 19.8 Å². The fourth-order valence-electron chi connectivity index (χ4n) is 11.7. The van der Waals surface area contributed by atoms with Gasteiger partial charge in [-0.3, -0.25) is 9.59 Å². The molecule has 0 aromatic heterocycles. The highest BCUT2D eigenvalue weighted by Crippen LogP contribution is 2.19. The van der Waals surface area contributed by atoms with Crippen LogP contribution in [-0.4, -0.2) is 47.4 Å². The molecule has 0 aliphatic carbocycles. The van der Waals surface area contributed by atoms with E-state index >= 15 is 0 Å². The quantitative estimate of drug-likeness (QED) is 0.0320. The number of ether oxygens (including phenoxy) is 1. The van der Waals surface area contributed by atoms with Crippen LogP contribution in [0.25, 0.3) is 0 Å². The minimum Gasteiger partial charge on any atom is -0.466 e. The van der Waals surface area contributed by atoms with E-state index < -0.39 is 12.1 Å². The molecule has 0 aliphatic rings. The molecule has 0 rings (SSSR count). The highest BCUT2D eigenvalue weighted by Gasteiger charge is 2.20. The Morgan fingerprint density at radius 3 is 0.963 bits per heavy atom. The molecule has 0 bridgehead atoms. The van der Waals surface area contributed by atoms with Crippen LogP contribution in [0.15, 0.2) is 36.5 Å². The predicted octanol–water partition coefficient (Wildman–Crippen LogP) is 24.3. The first kappa shape index (κ1) is 80.1. The molecule has 0 saturated carbocycles.